The van der Waals surface area contributed by atoms with Crippen LogP contribution in [-0.2, 0) is 0 Å². The summed E-state index contributed by atoms with van der Waals surface area (Å²) in [7, 11) is 3.11. The molecule has 2 aromatic carbocycles. The Bertz CT molecular complexity index is 885. The number of hydrogen-bond acceptors (Lipinski definition) is 4. The molecule has 1 N–H and O–H groups in total. The molecule has 0 unspecified atom stereocenters. The molecule has 6 nitrogen and oxygen atoms in total. The van der Waals surface area contributed by atoms with Crippen molar-refractivity contribution in [2.45, 2.75) is 38.6 Å². The third kappa shape index (κ3) is 4.93. The second kappa shape index (κ2) is 9.65. The van der Waals surface area contributed by atoms with Crippen molar-refractivity contribution in [2.24, 2.45) is 0 Å². The molecule has 1 saturated heterocycles. The number of benzene rings is 2. The monoisotopic (exact) mass is 410 g/mol. The molecule has 1 aliphatic rings. The van der Waals surface area contributed by atoms with Crippen LogP contribution in [0, 0.1) is 0 Å². The molecular formula is C24H30N2O4. The molecule has 0 radical (unpaired) electrons. The molecule has 0 aromatic heterocycles. The highest BCUT2D eigenvalue weighted by Crippen LogP contribution is 2.27. The lowest BCUT2D eigenvalue weighted by Gasteiger charge is -2.32. The van der Waals surface area contributed by atoms with Crippen molar-refractivity contribution in [3.8, 4) is 11.5 Å². The highest BCUT2D eigenvalue weighted by molar-refractivity contribution is 5.95. The second-order valence-corrected chi connectivity index (χ2v) is 7.89. The number of amides is 2. The lowest BCUT2D eigenvalue weighted by molar-refractivity contribution is 0.0698. The van der Waals surface area contributed by atoms with Crippen LogP contribution in [0.1, 0.15) is 58.9 Å². The van der Waals surface area contributed by atoms with Crippen LogP contribution in [0.15, 0.2) is 42.5 Å². The Labute approximate surface area is 178 Å². The van der Waals surface area contributed by atoms with Crippen LogP contribution in [0.3, 0.4) is 0 Å². The van der Waals surface area contributed by atoms with Gasteiger partial charge in [-0.05, 0) is 54.7 Å². The predicted octanol–water partition coefficient (Wildman–Crippen LogP) is 3.86. The molecule has 160 valence electrons. The summed E-state index contributed by atoms with van der Waals surface area (Å²) in [4.78, 5) is 27.3. The second-order valence-electron chi connectivity index (χ2n) is 7.89. The quantitative estimate of drug-likeness (QED) is 0.785. The van der Waals surface area contributed by atoms with Crippen molar-refractivity contribution in [2.75, 3.05) is 27.3 Å². The van der Waals surface area contributed by atoms with E-state index in [2.05, 4.69) is 19.2 Å². The van der Waals surface area contributed by atoms with E-state index in [-0.39, 0.29) is 17.9 Å². The van der Waals surface area contributed by atoms with E-state index in [9.17, 15) is 9.59 Å². The predicted molar refractivity (Wildman–Crippen MR) is 116 cm³/mol. The summed E-state index contributed by atoms with van der Waals surface area (Å²) in [5, 5.41) is 3.07. The maximum Gasteiger partial charge on any atom is 0.253 e. The summed E-state index contributed by atoms with van der Waals surface area (Å²) in [5.41, 5.74) is 2.46. The summed E-state index contributed by atoms with van der Waals surface area (Å²) in [6.07, 6.45) is 1.46. The van der Waals surface area contributed by atoms with Gasteiger partial charge in [0.25, 0.3) is 11.8 Å². The number of nitrogens with one attached hydrogen (secondary N) is 1. The van der Waals surface area contributed by atoms with Crippen molar-refractivity contribution in [3.05, 3.63) is 59.2 Å². The van der Waals surface area contributed by atoms with Gasteiger partial charge < -0.3 is 19.7 Å². The maximum absolute atomic E-state index is 12.8. The van der Waals surface area contributed by atoms with Gasteiger partial charge in [-0.25, -0.2) is 0 Å². The van der Waals surface area contributed by atoms with Crippen molar-refractivity contribution >= 4 is 11.8 Å². The molecule has 0 saturated carbocycles. The van der Waals surface area contributed by atoms with Crippen LogP contribution in [0.5, 0.6) is 11.5 Å². The summed E-state index contributed by atoms with van der Waals surface area (Å²) >= 11 is 0. The number of nitrogens with zero attached hydrogens (tertiary/aromatic N) is 1. The van der Waals surface area contributed by atoms with Crippen LogP contribution in [0.4, 0.5) is 0 Å². The number of ether oxygens (including phenoxy) is 2. The largest absolute Gasteiger partial charge is 0.493 e. The van der Waals surface area contributed by atoms with Crippen LogP contribution in [0.25, 0.3) is 0 Å². The number of likely N-dealkylation sites (tertiary alicyclic amines) is 1. The Morgan fingerprint density at radius 3 is 2.10 bits per heavy atom. The first kappa shape index (κ1) is 21.7. The maximum atomic E-state index is 12.8. The molecule has 2 aromatic rings. The normalized spacial score (nSPS) is 14.5. The molecule has 0 atom stereocenters. The van der Waals surface area contributed by atoms with E-state index in [1.807, 2.05) is 29.2 Å². The van der Waals surface area contributed by atoms with Gasteiger partial charge in [0.2, 0.25) is 0 Å². The number of methoxy groups -OCH3 is 2. The van der Waals surface area contributed by atoms with Crippen molar-refractivity contribution in [1.82, 2.24) is 10.2 Å². The van der Waals surface area contributed by atoms with Gasteiger partial charge in [-0.15, -0.1) is 0 Å². The van der Waals surface area contributed by atoms with Crippen molar-refractivity contribution in [3.63, 3.8) is 0 Å². The smallest absolute Gasteiger partial charge is 0.253 e. The van der Waals surface area contributed by atoms with E-state index >= 15 is 0 Å². The lowest BCUT2D eigenvalue weighted by atomic mass is 10.00. The van der Waals surface area contributed by atoms with E-state index < -0.39 is 0 Å². The number of carbonyl (C=O) groups excluding carboxylic acids is 2. The average Bonchev–Trinajstić information content (AvgIpc) is 2.78. The Morgan fingerprint density at radius 2 is 1.53 bits per heavy atom. The van der Waals surface area contributed by atoms with Crippen LogP contribution in [-0.4, -0.2) is 50.1 Å². The Kier molecular flexibility index (Phi) is 6.98. The molecule has 0 bridgehead atoms. The molecule has 0 aliphatic carbocycles. The number of rotatable bonds is 6. The van der Waals surface area contributed by atoms with Gasteiger partial charge in [-0.1, -0.05) is 26.0 Å². The van der Waals surface area contributed by atoms with Crippen LogP contribution < -0.4 is 14.8 Å². The highest BCUT2D eigenvalue weighted by Gasteiger charge is 2.25. The van der Waals surface area contributed by atoms with E-state index in [1.165, 1.54) is 5.56 Å². The molecule has 3 rings (SSSR count). The van der Waals surface area contributed by atoms with Gasteiger partial charge >= 0.3 is 0 Å². The summed E-state index contributed by atoms with van der Waals surface area (Å²) in [5.74, 6) is 1.45. The minimum Gasteiger partial charge on any atom is -0.493 e. The first-order valence-corrected chi connectivity index (χ1v) is 10.3. The fourth-order valence-corrected chi connectivity index (χ4v) is 3.67. The van der Waals surface area contributed by atoms with E-state index in [0.717, 1.165) is 12.8 Å². The van der Waals surface area contributed by atoms with E-state index in [4.69, 9.17) is 9.47 Å². The van der Waals surface area contributed by atoms with Crippen LogP contribution in [0.2, 0.25) is 0 Å². The fourth-order valence-electron chi connectivity index (χ4n) is 3.67. The minimum absolute atomic E-state index is 0.0398. The third-order valence-electron chi connectivity index (χ3n) is 5.59. The number of hydrogen-bond donors (Lipinski definition) is 1. The number of carbonyl (C=O) groups is 2. The zero-order valence-electron chi connectivity index (χ0n) is 18.1. The van der Waals surface area contributed by atoms with Gasteiger partial charge in [-0.2, -0.15) is 0 Å². The molecular weight excluding hydrogens is 380 g/mol. The van der Waals surface area contributed by atoms with E-state index in [1.54, 1.807) is 32.4 Å². The number of piperidine rings is 1. The molecule has 30 heavy (non-hydrogen) atoms. The Hall–Kier alpha value is -3.02. The zero-order valence-corrected chi connectivity index (χ0v) is 18.1. The summed E-state index contributed by atoms with van der Waals surface area (Å²) in [6.45, 7) is 5.53. The van der Waals surface area contributed by atoms with Gasteiger partial charge in [0.05, 0.1) is 14.2 Å². The fraction of sp³-hybridized carbons (Fsp3) is 0.417. The van der Waals surface area contributed by atoms with Crippen LogP contribution >= 0.6 is 0 Å². The standard InChI is InChI=1S/C24H30N2O4/c1-16(2)17-5-7-18(8-6-17)24(28)26-13-11-20(12-14-26)25-23(27)19-9-10-21(29-3)22(15-19)30-4/h5-10,15-16,20H,11-14H2,1-4H3,(H,25,27). The summed E-state index contributed by atoms with van der Waals surface area (Å²) < 4.78 is 10.5. The molecule has 6 heteroatoms. The summed E-state index contributed by atoms with van der Waals surface area (Å²) in [6, 6.07) is 13.0. The molecule has 0 spiro atoms. The molecule has 1 aliphatic heterocycles. The molecule has 1 fully saturated rings. The van der Waals surface area contributed by atoms with Gasteiger partial charge in [0.15, 0.2) is 11.5 Å². The first-order chi connectivity index (χ1) is 14.4. The van der Waals surface area contributed by atoms with Gasteiger partial charge in [-0.3, -0.25) is 9.59 Å². The first-order valence-electron chi connectivity index (χ1n) is 10.3. The lowest BCUT2D eigenvalue weighted by Crippen LogP contribution is -2.46. The van der Waals surface area contributed by atoms with Gasteiger partial charge in [0, 0.05) is 30.3 Å². The Balaban J connectivity index is 1.55. The highest BCUT2D eigenvalue weighted by atomic mass is 16.5. The Morgan fingerprint density at radius 1 is 0.933 bits per heavy atom. The zero-order chi connectivity index (χ0) is 21.7. The molecule has 2 amide bonds. The topological polar surface area (TPSA) is 67.9 Å². The molecule has 1 heterocycles. The minimum atomic E-state index is -0.148. The average molecular weight is 411 g/mol. The van der Waals surface area contributed by atoms with Gasteiger partial charge in [0.1, 0.15) is 0 Å². The van der Waals surface area contributed by atoms with Crippen molar-refractivity contribution < 1.29 is 19.1 Å². The van der Waals surface area contributed by atoms with E-state index in [0.29, 0.717) is 41.6 Å². The SMILES string of the molecule is COc1ccc(C(=O)NC2CCN(C(=O)c3ccc(C(C)C)cc3)CC2)cc1OC. The van der Waals surface area contributed by atoms with Crippen molar-refractivity contribution in [1.29, 1.82) is 0 Å². The third-order valence-corrected chi connectivity index (χ3v) is 5.59.